The van der Waals surface area contributed by atoms with Gasteiger partial charge < -0.3 is 10.0 Å². The summed E-state index contributed by atoms with van der Waals surface area (Å²) < 4.78 is 1.55. The van der Waals surface area contributed by atoms with Crippen LogP contribution in [-0.2, 0) is 4.79 Å². The molecule has 2 heterocycles. The van der Waals surface area contributed by atoms with E-state index in [1.807, 2.05) is 26.8 Å². The van der Waals surface area contributed by atoms with Crippen LogP contribution in [0.2, 0.25) is 0 Å². The zero-order chi connectivity index (χ0) is 13.3. The molecular formula is C11H15N5O2. The summed E-state index contributed by atoms with van der Waals surface area (Å²) >= 11 is 0. The smallest absolute Gasteiger partial charge is 0.323 e. The molecule has 0 amide bonds. The van der Waals surface area contributed by atoms with Gasteiger partial charge in [-0.2, -0.15) is 14.6 Å². The van der Waals surface area contributed by atoms with Crippen molar-refractivity contribution in [2.24, 2.45) is 0 Å². The first-order valence-corrected chi connectivity index (χ1v) is 5.65. The maximum Gasteiger partial charge on any atom is 0.323 e. The highest BCUT2D eigenvalue weighted by molar-refractivity contribution is 5.73. The highest BCUT2D eigenvalue weighted by Crippen LogP contribution is 2.18. The van der Waals surface area contributed by atoms with Crippen molar-refractivity contribution in [2.45, 2.75) is 26.8 Å². The Hall–Kier alpha value is -2.18. The van der Waals surface area contributed by atoms with Gasteiger partial charge in [-0.3, -0.25) is 4.79 Å². The maximum atomic E-state index is 10.9. The first-order chi connectivity index (χ1) is 8.49. The molecule has 0 aliphatic heterocycles. The third-order valence-electron chi connectivity index (χ3n) is 2.58. The number of carboxylic acid groups (broad SMARTS) is 1. The van der Waals surface area contributed by atoms with Gasteiger partial charge in [0.05, 0.1) is 0 Å². The molecule has 7 heteroatoms. The van der Waals surface area contributed by atoms with Crippen LogP contribution in [0.15, 0.2) is 12.4 Å². The van der Waals surface area contributed by atoms with Crippen LogP contribution in [0.5, 0.6) is 0 Å². The Morgan fingerprint density at radius 3 is 2.89 bits per heavy atom. The molecule has 0 saturated heterocycles. The van der Waals surface area contributed by atoms with E-state index in [4.69, 9.17) is 5.11 Å². The number of carboxylic acids is 1. The monoisotopic (exact) mass is 249 g/mol. The van der Waals surface area contributed by atoms with Crippen molar-refractivity contribution in [2.75, 3.05) is 11.4 Å². The molecule has 0 radical (unpaired) electrons. The minimum absolute atomic E-state index is 0.0373. The van der Waals surface area contributed by atoms with Crippen LogP contribution in [0.25, 0.3) is 5.78 Å². The molecule has 7 nitrogen and oxygen atoms in total. The van der Waals surface area contributed by atoms with Gasteiger partial charge in [0.25, 0.3) is 5.78 Å². The minimum atomic E-state index is -0.883. The van der Waals surface area contributed by atoms with Crippen molar-refractivity contribution >= 4 is 17.6 Å². The zero-order valence-corrected chi connectivity index (χ0v) is 10.5. The number of carbonyl (C=O) groups is 1. The fraction of sp³-hybridized carbons (Fsp3) is 0.455. The fourth-order valence-corrected chi connectivity index (χ4v) is 1.79. The van der Waals surface area contributed by atoms with Gasteiger partial charge in [0.1, 0.15) is 18.7 Å². The highest BCUT2D eigenvalue weighted by atomic mass is 16.4. The average Bonchev–Trinajstić information content (AvgIpc) is 2.71. The van der Waals surface area contributed by atoms with Crippen LogP contribution in [-0.4, -0.2) is 43.2 Å². The Balaban J connectivity index is 2.55. The number of aryl methyl sites for hydroxylation is 1. The number of nitrogens with zero attached hydrogens (tertiary/aromatic N) is 5. The molecule has 0 aliphatic carbocycles. The highest BCUT2D eigenvalue weighted by Gasteiger charge is 2.18. The topological polar surface area (TPSA) is 83.6 Å². The van der Waals surface area contributed by atoms with E-state index in [2.05, 4.69) is 15.1 Å². The van der Waals surface area contributed by atoms with E-state index >= 15 is 0 Å². The number of hydrogen-bond acceptors (Lipinski definition) is 5. The van der Waals surface area contributed by atoms with Crippen LogP contribution in [0, 0.1) is 6.92 Å². The second-order valence-corrected chi connectivity index (χ2v) is 4.34. The molecule has 0 aromatic carbocycles. The van der Waals surface area contributed by atoms with Gasteiger partial charge in [-0.25, -0.2) is 4.98 Å². The Morgan fingerprint density at radius 2 is 2.28 bits per heavy atom. The van der Waals surface area contributed by atoms with Crippen molar-refractivity contribution in [1.82, 2.24) is 19.6 Å². The minimum Gasteiger partial charge on any atom is -0.480 e. The SMILES string of the molecule is Cc1cc(N(CC(=O)O)C(C)C)n2ncnc2n1. The largest absolute Gasteiger partial charge is 0.480 e. The van der Waals surface area contributed by atoms with Gasteiger partial charge >= 0.3 is 5.97 Å². The fourth-order valence-electron chi connectivity index (χ4n) is 1.79. The summed E-state index contributed by atoms with van der Waals surface area (Å²) in [6.45, 7) is 5.62. The predicted molar refractivity (Wildman–Crippen MR) is 65.6 cm³/mol. The van der Waals surface area contributed by atoms with E-state index in [1.165, 1.54) is 6.33 Å². The summed E-state index contributed by atoms with van der Waals surface area (Å²) in [6.07, 6.45) is 1.41. The van der Waals surface area contributed by atoms with E-state index in [1.54, 1.807) is 9.42 Å². The number of aliphatic carboxylic acids is 1. The molecule has 0 fully saturated rings. The number of rotatable bonds is 4. The van der Waals surface area contributed by atoms with E-state index < -0.39 is 5.97 Å². The number of anilines is 1. The predicted octanol–water partition coefficient (Wildman–Crippen LogP) is 0.732. The van der Waals surface area contributed by atoms with Gasteiger partial charge in [-0.05, 0) is 20.8 Å². The number of hydrogen-bond donors (Lipinski definition) is 1. The molecule has 0 saturated carbocycles. The zero-order valence-electron chi connectivity index (χ0n) is 10.5. The van der Waals surface area contributed by atoms with Crippen molar-refractivity contribution in [3.8, 4) is 0 Å². The summed E-state index contributed by atoms with van der Waals surface area (Å²) in [6, 6.07) is 1.85. The number of aromatic nitrogens is 4. The van der Waals surface area contributed by atoms with Gasteiger partial charge in [0.15, 0.2) is 0 Å². The van der Waals surface area contributed by atoms with Gasteiger partial charge in [-0.15, -0.1) is 0 Å². The van der Waals surface area contributed by atoms with Crippen LogP contribution in [0.4, 0.5) is 5.82 Å². The Kier molecular flexibility index (Phi) is 3.14. The average molecular weight is 249 g/mol. The van der Waals surface area contributed by atoms with E-state index in [9.17, 15) is 4.79 Å². The Bertz CT molecular complexity index is 578. The van der Waals surface area contributed by atoms with Gasteiger partial charge in [0, 0.05) is 17.8 Å². The van der Waals surface area contributed by atoms with Crippen molar-refractivity contribution < 1.29 is 9.90 Å². The van der Waals surface area contributed by atoms with Crippen LogP contribution < -0.4 is 4.90 Å². The van der Waals surface area contributed by atoms with E-state index in [-0.39, 0.29) is 12.6 Å². The first kappa shape index (κ1) is 12.3. The van der Waals surface area contributed by atoms with Crippen LogP contribution in [0.1, 0.15) is 19.5 Å². The maximum absolute atomic E-state index is 10.9. The lowest BCUT2D eigenvalue weighted by molar-refractivity contribution is -0.135. The molecule has 96 valence electrons. The molecule has 2 aromatic heterocycles. The lowest BCUT2D eigenvalue weighted by Crippen LogP contribution is -2.37. The van der Waals surface area contributed by atoms with Gasteiger partial charge in [0.2, 0.25) is 0 Å². The lowest BCUT2D eigenvalue weighted by Gasteiger charge is -2.27. The lowest BCUT2D eigenvalue weighted by atomic mass is 10.3. The summed E-state index contributed by atoms with van der Waals surface area (Å²) in [5.41, 5.74) is 0.779. The van der Waals surface area contributed by atoms with Crippen molar-refractivity contribution in [3.05, 3.63) is 18.1 Å². The molecule has 2 rings (SSSR count). The summed E-state index contributed by atoms with van der Waals surface area (Å²) in [7, 11) is 0. The molecule has 0 unspecified atom stereocenters. The third-order valence-corrected chi connectivity index (χ3v) is 2.58. The standard InChI is InChI=1S/C11H15N5O2/c1-7(2)15(5-10(17)18)9-4-8(3)14-11-12-6-13-16(9)11/h4,6-7H,5H2,1-3H3,(H,17,18). The molecule has 0 aliphatic rings. The van der Waals surface area contributed by atoms with E-state index in [0.717, 1.165) is 5.69 Å². The van der Waals surface area contributed by atoms with Crippen LogP contribution in [0.3, 0.4) is 0 Å². The molecule has 0 spiro atoms. The molecular weight excluding hydrogens is 234 g/mol. The molecule has 18 heavy (non-hydrogen) atoms. The second kappa shape index (κ2) is 4.59. The van der Waals surface area contributed by atoms with Gasteiger partial charge in [-0.1, -0.05) is 0 Å². The third kappa shape index (κ3) is 2.24. The molecule has 2 aromatic rings. The normalized spacial score (nSPS) is 11.1. The second-order valence-electron chi connectivity index (χ2n) is 4.34. The Labute approximate surface area is 104 Å². The molecule has 0 bridgehead atoms. The first-order valence-electron chi connectivity index (χ1n) is 5.65. The summed E-state index contributed by atoms with van der Waals surface area (Å²) in [5.74, 6) is 0.278. The molecule has 0 atom stereocenters. The van der Waals surface area contributed by atoms with Crippen molar-refractivity contribution in [1.29, 1.82) is 0 Å². The number of fused-ring (bicyclic) bond motifs is 1. The Morgan fingerprint density at radius 1 is 1.56 bits per heavy atom. The van der Waals surface area contributed by atoms with Crippen molar-refractivity contribution in [3.63, 3.8) is 0 Å². The molecule has 1 N–H and O–H groups in total. The summed E-state index contributed by atoms with van der Waals surface area (Å²) in [4.78, 5) is 21.0. The summed E-state index contributed by atoms with van der Waals surface area (Å²) in [5, 5.41) is 13.1. The van der Waals surface area contributed by atoms with Crippen LogP contribution >= 0.6 is 0 Å². The quantitative estimate of drug-likeness (QED) is 0.860. The van der Waals surface area contributed by atoms with E-state index in [0.29, 0.717) is 11.6 Å².